The quantitative estimate of drug-likeness (QED) is 0.893. The van der Waals surface area contributed by atoms with Crippen molar-refractivity contribution in [2.75, 3.05) is 4.72 Å². The Hall–Kier alpha value is -1.12. The van der Waals surface area contributed by atoms with E-state index in [4.69, 9.17) is 11.6 Å². The molecular formula is C7H7ClN4O2S2. The molecule has 86 valence electrons. The number of anilines is 1. The number of aromatic amines is 1. The lowest BCUT2D eigenvalue weighted by molar-refractivity contribution is 0.602. The summed E-state index contributed by atoms with van der Waals surface area (Å²) >= 11 is 6.57. The zero-order valence-corrected chi connectivity index (χ0v) is 10.4. The Morgan fingerprint density at radius 3 is 2.81 bits per heavy atom. The minimum Gasteiger partial charge on any atom is -0.284 e. The van der Waals surface area contributed by atoms with Gasteiger partial charge in [0.15, 0.2) is 8.68 Å². The highest BCUT2D eigenvalue weighted by Gasteiger charge is 2.21. The van der Waals surface area contributed by atoms with Crippen LogP contribution in [0, 0.1) is 6.92 Å². The van der Waals surface area contributed by atoms with Crippen LogP contribution in [0.25, 0.3) is 0 Å². The van der Waals surface area contributed by atoms with Gasteiger partial charge in [-0.05, 0) is 6.92 Å². The third-order valence-corrected chi connectivity index (χ3v) is 4.98. The molecule has 2 rings (SSSR count). The van der Waals surface area contributed by atoms with Gasteiger partial charge in [0.1, 0.15) is 0 Å². The molecule has 2 heterocycles. The molecule has 2 aromatic heterocycles. The van der Waals surface area contributed by atoms with Gasteiger partial charge in [-0.1, -0.05) is 22.9 Å². The molecule has 0 radical (unpaired) electrons. The molecular weight excluding hydrogens is 272 g/mol. The van der Waals surface area contributed by atoms with Crippen molar-refractivity contribution in [3.05, 3.63) is 22.6 Å². The van der Waals surface area contributed by atoms with Crippen LogP contribution in [-0.4, -0.2) is 23.6 Å². The van der Waals surface area contributed by atoms with Gasteiger partial charge in [-0.3, -0.25) is 9.82 Å². The highest BCUT2D eigenvalue weighted by atomic mass is 35.5. The summed E-state index contributed by atoms with van der Waals surface area (Å²) in [7, 11) is -3.63. The van der Waals surface area contributed by atoms with Crippen LogP contribution < -0.4 is 4.72 Å². The van der Waals surface area contributed by atoms with Crippen LogP contribution >= 0.6 is 22.9 Å². The van der Waals surface area contributed by atoms with E-state index in [-0.39, 0.29) is 8.68 Å². The van der Waals surface area contributed by atoms with Crippen molar-refractivity contribution >= 4 is 38.6 Å². The molecule has 0 bridgehead atoms. The number of thiazole rings is 1. The fraction of sp³-hybridized carbons (Fsp3) is 0.143. The van der Waals surface area contributed by atoms with Gasteiger partial charge < -0.3 is 0 Å². The fourth-order valence-electron chi connectivity index (χ4n) is 1.11. The molecule has 2 aromatic rings. The number of H-pyrrole nitrogens is 1. The van der Waals surface area contributed by atoms with Gasteiger partial charge in [0.2, 0.25) is 0 Å². The summed E-state index contributed by atoms with van der Waals surface area (Å²) in [5.41, 5.74) is 0.745. The SMILES string of the molecule is Cc1nc(Cl)sc1S(=O)(=O)Nc1cn[nH]c1. The third kappa shape index (κ3) is 2.18. The number of nitrogens with zero attached hydrogens (tertiary/aromatic N) is 2. The highest BCUT2D eigenvalue weighted by Crippen LogP contribution is 2.28. The molecule has 0 unspecified atom stereocenters. The van der Waals surface area contributed by atoms with Crippen molar-refractivity contribution in [1.82, 2.24) is 15.2 Å². The molecule has 0 saturated heterocycles. The smallest absolute Gasteiger partial charge is 0.273 e. The van der Waals surface area contributed by atoms with E-state index in [9.17, 15) is 8.42 Å². The molecule has 0 aliphatic heterocycles. The molecule has 0 fully saturated rings. The standard InChI is InChI=1S/C7H7ClN4O2S2/c1-4-6(15-7(8)11-4)16(13,14)12-5-2-9-10-3-5/h2-3,12H,1H3,(H,9,10). The lowest BCUT2D eigenvalue weighted by Gasteiger charge is -2.02. The van der Waals surface area contributed by atoms with Crippen LogP contribution in [0.5, 0.6) is 0 Å². The predicted octanol–water partition coefficient (Wildman–Crippen LogP) is 1.63. The van der Waals surface area contributed by atoms with Crippen LogP contribution in [0.4, 0.5) is 5.69 Å². The largest absolute Gasteiger partial charge is 0.284 e. The fourth-order valence-corrected chi connectivity index (χ4v) is 3.88. The summed E-state index contributed by atoms with van der Waals surface area (Å²) in [5.74, 6) is 0. The van der Waals surface area contributed by atoms with E-state index >= 15 is 0 Å². The second kappa shape index (κ2) is 4.04. The van der Waals surface area contributed by atoms with Crippen molar-refractivity contribution < 1.29 is 8.42 Å². The summed E-state index contributed by atoms with van der Waals surface area (Å²) < 4.78 is 26.5. The Kier molecular flexibility index (Phi) is 2.87. The van der Waals surface area contributed by atoms with E-state index in [0.29, 0.717) is 11.4 Å². The minimum atomic E-state index is -3.63. The van der Waals surface area contributed by atoms with Crippen LogP contribution in [0.2, 0.25) is 4.47 Å². The molecule has 0 aliphatic rings. The number of rotatable bonds is 3. The van der Waals surface area contributed by atoms with Crippen LogP contribution in [-0.2, 0) is 10.0 Å². The van der Waals surface area contributed by atoms with E-state index < -0.39 is 10.0 Å². The van der Waals surface area contributed by atoms with Gasteiger partial charge in [0, 0.05) is 6.20 Å². The molecule has 2 N–H and O–H groups in total. The average Bonchev–Trinajstić information content (AvgIpc) is 2.75. The van der Waals surface area contributed by atoms with Gasteiger partial charge >= 0.3 is 0 Å². The minimum absolute atomic E-state index is 0.110. The Bertz CT molecular complexity index is 590. The van der Waals surface area contributed by atoms with E-state index in [1.54, 1.807) is 6.92 Å². The maximum Gasteiger partial charge on any atom is 0.273 e. The summed E-state index contributed by atoms with van der Waals surface area (Å²) in [6.07, 6.45) is 2.81. The Morgan fingerprint density at radius 2 is 2.31 bits per heavy atom. The topological polar surface area (TPSA) is 87.7 Å². The summed E-state index contributed by atoms with van der Waals surface area (Å²) in [6, 6.07) is 0. The zero-order valence-electron chi connectivity index (χ0n) is 8.06. The zero-order chi connectivity index (χ0) is 11.8. The van der Waals surface area contributed by atoms with E-state index in [1.165, 1.54) is 12.4 Å². The Labute approximate surface area is 101 Å². The second-order valence-electron chi connectivity index (χ2n) is 2.93. The first-order valence-corrected chi connectivity index (χ1v) is 6.81. The van der Waals surface area contributed by atoms with Crippen molar-refractivity contribution in [3.63, 3.8) is 0 Å². The first-order chi connectivity index (χ1) is 7.49. The highest BCUT2D eigenvalue weighted by molar-refractivity contribution is 7.94. The lowest BCUT2D eigenvalue weighted by atomic mass is 10.6. The van der Waals surface area contributed by atoms with Gasteiger partial charge in [-0.15, -0.1) is 0 Å². The second-order valence-corrected chi connectivity index (χ2v) is 6.39. The Morgan fingerprint density at radius 1 is 1.56 bits per heavy atom. The van der Waals surface area contributed by atoms with Gasteiger partial charge in [-0.2, -0.15) is 5.10 Å². The average molecular weight is 279 g/mol. The maximum absolute atomic E-state index is 11.9. The summed E-state index contributed by atoms with van der Waals surface area (Å²) in [5, 5.41) is 6.15. The molecule has 0 spiro atoms. The lowest BCUT2D eigenvalue weighted by Crippen LogP contribution is -2.12. The number of hydrogen-bond acceptors (Lipinski definition) is 5. The van der Waals surface area contributed by atoms with Crippen molar-refractivity contribution in [2.24, 2.45) is 0 Å². The third-order valence-electron chi connectivity index (χ3n) is 1.72. The van der Waals surface area contributed by atoms with Crippen LogP contribution in [0.15, 0.2) is 16.6 Å². The number of hydrogen-bond donors (Lipinski definition) is 2. The van der Waals surface area contributed by atoms with Gasteiger partial charge in [-0.25, -0.2) is 13.4 Å². The molecule has 0 aromatic carbocycles. The summed E-state index contributed by atoms with van der Waals surface area (Å²) in [6.45, 7) is 1.59. The monoisotopic (exact) mass is 278 g/mol. The van der Waals surface area contributed by atoms with E-state index in [1.807, 2.05) is 0 Å². The van der Waals surface area contributed by atoms with E-state index in [2.05, 4.69) is 19.9 Å². The molecule has 16 heavy (non-hydrogen) atoms. The molecule has 0 amide bonds. The number of sulfonamides is 1. The molecule has 6 nitrogen and oxygen atoms in total. The van der Waals surface area contributed by atoms with Gasteiger partial charge in [0.25, 0.3) is 10.0 Å². The maximum atomic E-state index is 11.9. The number of halogens is 1. The normalized spacial score (nSPS) is 11.6. The number of nitrogens with one attached hydrogen (secondary N) is 2. The Balaban J connectivity index is 2.36. The molecule has 0 atom stereocenters. The van der Waals surface area contributed by atoms with Crippen LogP contribution in [0.1, 0.15) is 5.69 Å². The molecule has 0 saturated carbocycles. The number of aromatic nitrogens is 3. The first-order valence-electron chi connectivity index (χ1n) is 4.13. The van der Waals surface area contributed by atoms with Crippen LogP contribution in [0.3, 0.4) is 0 Å². The molecule has 0 aliphatic carbocycles. The van der Waals surface area contributed by atoms with E-state index in [0.717, 1.165) is 11.3 Å². The van der Waals surface area contributed by atoms with Gasteiger partial charge in [0.05, 0.1) is 17.6 Å². The van der Waals surface area contributed by atoms with Crippen molar-refractivity contribution in [3.8, 4) is 0 Å². The first kappa shape index (κ1) is 11.4. The van der Waals surface area contributed by atoms with Crippen molar-refractivity contribution in [1.29, 1.82) is 0 Å². The predicted molar refractivity (Wildman–Crippen MR) is 61.3 cm³/mol. The molecule has 9 heteroatoms. The number of aryl methyl sites for hydroxylation is 1. The van der Waals surface area contributed by atoms with Crippen molar-refractivity contribution in [2.45, 2.75) is 11.1 Å². The summed E-state index contributed by atoms with van der Waals surface area (Å²) in [4.78, 5) is 3.85.